The fraction of sp³-hybridized carbons (Fsp3) is 0.783. The van der Waals surface area contributed by atoms with Crippen molar-refractivity contribution in [3.63, 3.8) is 0 Å². The highest BCUT2D eigenvalue weighted by atomic mass is 79.9. The predicted molar refractivity (Wildman–Crippen MR) is 127 cm³/mol. The van der Waals surface area contributed by atoms with E-state index < -0.39 is 28.6 Å². The van der Waals surface area contributed by atoms with E-state index in [2.05, 4.69) is 22.5 Å². The van der Waals surface area contributed by atoms with Gasteiger partial charge in [-0.15, -0.1) is 18.3 Å². The lowest BCUT2D eigenvalue weighted by atomic mass is 9.71. The molecule has 0 aromatic heterocycles. The van der Waals surface area contributed by atoms with E-state index in [1.165, 1.54) is 6.42 Å². The molecular weight excluding hydrogens is 496 g/mol. The highest BCUT2D eigenvalue weighted by Gasteiger charge is 2.76. The quantitative estimate of drug-likeness (QED) is 0.271. The topological polar surface area (TPSA) is 98.2 Å². The van der Waals surface area contributed by atoms with E-state index in [-0.39, 0.29) is 34.5 Å². The van der Waals surface area contributed by atoms with Crippen molar-refractivity contribution in [1.29, 1.82) is 0 Å². The lowest BCUT2D eigenvalue weighted by Crippen LogP contribution is -2.57. The van der Waals surface area contributed by atoms with Gasteiger partial charge in [-0.3, -0.25) is 14.4 Å². The molecule has 4 fully saturated rings. The van der Waals surface area contributed by atoms with Crippen molar-refractivity contribution in [2.45, 2.75) is 78.3 Å². The van der Waals surface area contributed by atoms with Crippen molar-refractivity contribution in [2.75, 3.05) is 19.7 Å². The minimum Gasteiger partial charge on any atom is -0.481 e. The Morgan fingerprint density at radius 1 is 1.28 bits per heavy atom. The summed E-state index contributed by atoms with van der Waals surface area (Å²) in [5.74, 6) is -2.68. The molecule has 3 aliphatic heterocycles. The van der Waals surface area contributed by atoms with Crippen molar-refractivity contribution in [3.05, 3.63) is 12.7 Å². The van der Waals surface area contributed by atoms with Gasteiger partial charge in [-0.05, 0) is 32.1 Å². The normalized spacial score (nSPS) is 36.4. The number of carbonyl (C=O) groups excluding carboxylic acids is 2. The van der Waals surface area contributed by atoms with Crippen LogP contribution in [0.25, 0.3) is 0 Å². The standard InChI is InChI=1S/C23H33BrN2O5S/c1-2-10-25(14-8-4-3-5-9-14)21(29)19-23-13-15(24)18(32-23)16(22(30)31)17(23)20(28)26(19)11-6-7-12-27/h2,14-19,27H,1,3-13H2,(H,30,31)/t15?,16-,17+,18-,19?,23?/m1/s1. The third kappa shape index (κ3) is 3.82. The van der Waals surface area contributed by atoms with Crippen molar-refractivity contribution in [2.24, 2.45) is 11.8 Å². The van der Waals surface area contributed by atoms with Crippen molar-refractivity contribution < 1.29 is 24.6 Å². The van der Waals surface area contributed by atoms with Gasteiger partial charge in [0.25, 0.3) is 0 Å². The molecule has 0 aromatic rings. The molecule has 178 valence electrons. The fourth-order valence-electron chi connectivity index (χ4n) is 6.43. The van der Waals surface area contributed by atoms with Gasteiger partial charge >= 0.3 is 5.97 Å². The van der Waals surface area contributed by atoms with Gasteiger partial charge in [0.1, 0.15) is 6.04 Å². The molecule has 3 heterocycles. The largest absolute Gasteiger partial charge is 0.481 e. The van der Waals surface area contributed by atoms with Crippen molar-refractivity contribution in [3.8, 4) is 0 Å². The van der Waals surface area contributed by atoms with Gasteiger partial charge in [-0.25, -0.2) is 0 Å². The molecule has 4 rings (SSSR count). The average Bonchev–Trinajstić information content (AvgIpc) is 3.36. The third-order valence-corrected chi connectivity index (χ3v) is 11.0. The lowest BCUT2D eigenvalue weighted by molar-refractivity contribution is -0.148. The molecule has 0 radical (unpaired) electrons. The summed E-state index contributed by atoms with van der Waals surface area (Å²) in [7, 11) is 0. The first kappa shape index (κ1) is 24.1. The Balaban J connectivity index is 1.72. The summed E-state index contributed by atoms with van der Waals surface area (Å²) in [5, 5.41) is 19.0. The van der Waals surface area contributed by atoms with Crippen LogP contribution in [0.5, 0.6) is 0 Å². The molecule has 4 aliphatic rings. The maximum absolute atomic E-state index is 14.2. The van der Waals surface area contributed by atoms with Gasteiger partial charge in [0, 0.05) is 35.8 Å². The first-order valence-corrected chi connectivity index (χ1v) is 13.5. The molecule has 2 bridgehead atoms. The number of carbonyl (C=O) groups is 3. The maximum atomic E-state index is 14.2. The van der Waals surface area contributed by atoms with Gasteiger partial charge in [-0.1, -0.05) is 41.3 Å². The van der Waals surface area contributed by atoms with Crippen molar-refractivity contribution >= 4 is 45.5 Å². The van der Waals surface area contributed by atoms with Crippen LogP contribution in [0, 0.1) is 11.8 Å². The molecule has 3 saturated heterocycles. The Kier molecular flexibility index (Phi) is 7.27. The summed E-state index contributed by atoms with van der Waals surface area (Å²) in [5.41, 5.74) is 0. The van der Waals surface area contributed by atoms with Crippen LogP contribution in [0.1, 0.15) is 51.4 Å². The van der Waals surface area contributed by atoms with E-state index >= 15 is 0 Å². The van der Waals surface area contributed by atoms with Crippen LogP contribution in [0.15, 0.2) is 12.7 Å². The molecule has 1 saturated carbocycles. The number of hydrogen-bond acceptors (Lipinski definition) is 5. The van der Waals surface area contributed by atoms with E-state index in [0.29, 0.717) is 32.4 Å². The van der Waals surface area contributed by atoms with Gasteiger partial charge in [0.15, 0.2) is 0 Å². The number of aliphatic carboxylic acids is 1. The smallest absolute Gasteiger partial charge is 0.308 e. The molecule has 2 amide bonds. The molecule has 1 aliphatic carbocycles. The number of rotatable bonds is 9. The molecule has 2 N–H and O–H groups in total. The number of hydrogen-bond donors (Lipinski definition) is 2. The van der Waals surface area contributed by atoms with Gasteiger partial charge in [0.2, 0.25) is 11.8 Å². The summed E-state index contributed by atoms with van der Waals surface area (Å²) >= 11 is 5.22. The van der Waals surface area contributed by atoms with E-state index in [1.807, 2.05) is 4.90 Å². The second-order valence-corrected chi connectivity index (χ2v) is 12.3. The second kappa shape index (κ2) is 9.66. The zero-order chi connectivity index (χ0) is 23.0. The molecular formula is C23H33BrN2O5S. The maximum Gasteiger partial charge on any atom is 0.308 e. The fourth-order valence-corrected chi connectivity index (χ4v) is 10.0. The van der Waals surface area contributed by atoms with E-state index in [4.69, 9.17) is 0 Å². The molecule has 1 spiro atoms. The monoisotopic (exact) mass is 528 g/mol. The van der Waals surface area contributed by atoms with Crippen LogP contribution < -0.4 is 0 Å². The van der Waals surface area contributed by atoms with Crippen LogP contribution in [0.2, 0.25) is 0 Å². The Morgan fingerprint density at radius 2 is 2.00 bits per heavy atom. The Hall–Kier alpha value is -1.06. The Bertz CT molecular complexity index is 775. The van der Waals surface area contributed by atoms with Gasteiger partial charge < -0.3 is 20.0 Å². The number of likely N-dealkylation sites (tertiary alicyclic amines) is 1. The number of carboxylic acid groups (broad SMARTS) is 1. The number of thioether (sulfide) groups is 1. The minimum atomic E-state index is -0.953. The number of unbranched alkanes of at least 4 members (excludes halogenated alkanes) is 1. The van der Waals surface area contributed by atoms with Crippen LogP contribution in [0.4, 0.5) is 0 Å². The van der Waals surface area contributed by atoms with E-state index in [1.54, 1.807) is 22.7 Å². The molecule has 6 atom stereocenters. The van der Waals surface area contributed by atoms with Gasteiger partial charge in [0.05, 0.1) is 16.6 Å². The number of aliphatic hydroxyl groups is 1. The van der Waals surface area contributed by atoms with Crippen LogP contribution in [-0.2, 0) is 14.4 Å². The van der Waals surface area contributed by atoms with Crippen LogP contribution >= 0.6 is 27.7 Å². The van der Waals surface area contributed by atoms with Gasteiger partial charge in [-0.2, -0.15) is 0 Å². The summed E-state index contributed by atoms with van der Waals surface area (Å²) in [6.45, 7) is 4.70. The highest BCUT2D eigenvalue weighted by Crippen LogP contribution is 2.67. The number of fused-ring (bicyclic) bond motifs is 1. The molecule has 3 unspecified atom stereocenters. The number of nitrogens with zero attached hydrogens (tertiary/aromatic N) is 2. The molecule has 32 heavy (non-hydrogen) atoms. The number of amides is 2. The number of alkyl halides is 1. The summed E-state index contributed by atoms with van der Waals surface area (Å²) in [6.07, 6.45) is 8.75. The average molecular weight is 529 g/mol. The second-order valence-electron chi connectivity index (χ2n) is 9.54. The van der Waals surface area contributed by atoms with E-state index in [0.717, 1.165) is 25.7 Å². The zero-order valence-electron chi connectivity index (χ0n) is 18.3. The molecule has 7 nitrogen and oxygen atoms in total. The van der Waals surface area contributed by atoms with Crippen molar-refractivity contribution in [1.82, 2.24) is 9.80 Å². The van der Waals surface area contributed by atoms with Crippen LogP contribution in [0.3, 0.4) is 0 Å². The number of carboxylic acids is 1. The Morgan fingerprint density at radius 3 is 2.62 bits per heavy atom. The predicted octanol–water partition coefficient (Wildman–Crippen LogP) is 2.66. The highest BCUT2D eigenvalue weighted by molar-refractivity contribution is 9.09. The first-order chi connectivity index (χ1) is 15.4. The molecule has 9 heteroatoms. The first-order valence-electron chi connectivity index (χ1n) is 11.7. The number of aliphatic hydroxyl groups excluding tert-OH is 1. The van der Waals surface area contributed by atoms with Crippen LogP contribution in [-0.4, -0.2) is 84.4 Å². The lowest BCUT2D eigenvalue weighted by Gasteiger charge is -2.41. The summed E-state index contributed by atoms with van der Waals surface area (Å²) in [6, 6.07) is -0.530. The zero-order valence-corrected chi connectivity index (χ0v) is 20.7. The SMILES string of the molecule is C=CCN(C(=O)C1N(CCCCO)C(=O)[C@@H]2[C@@H](C(=O)O)[C@@H]3SC12CC3Br)C1CCCCC1. The third-order valence-electron chi connectivity index (χ3n) is 7.74. The molecule has 0 aromatic carbocycles. The number of halogens is 1. The summed E-state index contributed by atoms with van der Waals surface area (Å²) in [4.78, 5) is 43.6. The summed E-state index contributed by atoms with van der Waals surface area (Å²) < 4.78 is -0.719. The van der Waals surface area contributed by atoms with E-state index in [9.17, 15) is 24.6 Å². The minimum absolute atomic E-state index is 0.0257. The Labute approximate surface area is 202 Å².